The number of amides is 1. The van der Waals surface area contributed by atoms with Gasteiger partial charge in [-0.2, -0.15) is 17.5 Å². The van der Waals surface area contributed by atoms with Crippen molar-refractivity contribution in [1.29, 1.82) is 0 Å². The van der Waals surface area contributed by atoms with Crippen LogP contribution in [-0.2, 0) is 21.0 Å². The summed E-state index contributed by atoms with van der Waals surface area (Å²) in [4.78, 5) is 13.9. The molecule has 9 heteroatoms. The highest BCUT2D eigenvalue weighted by Gasteiger charge is 2.36. The Hall–Kier alpha value is -1.61. The molecular formula is C17H21F3N2O3S. The third-order valence-electron chi connectivity index (χ3n) is 5.02. The van der Waals surface area contributed by atoms with Crippen LogP contribution in [0.5, 0.6) is 0 Å². The molecule has 0 unspecified atom stereocenters. The van der Waals surface area contributed by atoms with Gasteiger partial charge >= 0.3 is 6.18 Å². The summed E-state index contributed by atoms with van der Waals surface area (Å²) in [7, 11) is -4.00. The number of hydrogen-bond acceptors (Lipinski definition) is 3. The van der Waals surface area contributed by atoms with Crippen molar-refractivity contribution in [3.8, 4) is 0 Å². The predicted octanol–water partition coefficient (Wildman–Crippen LogP) is 2.73. The summed E-state index contributed by atoms with van der Waals surface area (Å²) in [5.74, 6) is -0.139. The molecule has 0 bridgehead atoms. The third kappa shape index (κ3) is 3.88. The van der Waals surface area contributed by atoms with Crippen molar-refractivity contribution in [1.82, 2.24) is 9.21 Å². The number of hydrogen-bond donors (Lipinski definition) is 0. The van der Waals surface area contributed by atoms with E-state index in [4.69, 9.17) is 0 Å². The average Bonchev–Trinajstić information content (AvgIpc) is 3.15. The molecule has 144 valence electrons. The number of rotatable bonds is 3. The van der Waals surface area contributed by atoms with Gasteiger partial charge in [-0.1, -0.05) is 6.07 Å². The van der Waals surface area contributed by atoms with E-state index in [0.29, 0.717) is 18.9 Å². The minimum atomic E-state index is -4.60. The topological polar surface area (TPSA) is 57.7 Å². The molecule has 0 aliphatic carbocycles. The van der Waals surface area contributed by atoms with Gasteiger partial charge < -0.3 is 4.90 Å². The Bertz CT molecular complexity index is 766. The summed E-state index contributed by atoms with van der Waals surface area (Å²) in [6.45, 7) is 1.79. The van der Waals surface area contributed by atoms with Gasteiger partial charge in [0.05, 0.1) is 10.5 Å². The molecule has 2 aliphatic rings. The molecule has 26 heavy (non-hydrogen) atoms. The minimum absolute atomic E-state index is 0.0682. The normalized spacial score (nSPS) is 20.5. The summed E-state index contributed by atoms with van der Waals surface area (Å²) >= 11 is 0. The molecule has 0 saturated carbocycles. The summed E-state index contributed by atoms with van der Waals surface area (Å²) in [6.07, 6.45) is -1.81. The summed E-state index contributed by atoms with van der Waals surface area (Å²) in [5.41, 5.74) is -0.988. The van der Waals surface area contributed by atoms with Crippen LogP contribution in [0.25, 0.3) is 0 Å². The molecule has 1 aromatic rings. The molecule has 2 saturated heterocycles. The largest absolute Gasteiger partial charge is 0.416 e. The third-order valence-corrected chi connectivity index (χ3v) is 6.91. The summed E-state index contributed by atoms with van der Waals surface area (Å²) < 4.78 is 65.0. The van der Waals surface area contributed by atoms with Gasteiger partial charge in [0.15, 0.2) is 0 Å². The molecule has 0 atom stereocenters. The second-order valence-electron chi connectivity index (χ2n) is 6.74. The first-order chi connectivity index (χ1) is 12.2. The Morgan fingerprint density at radius 3 is 2.23 bits per heavy atom. The van der Waals surface area contributed by atoms with Crippen LogP contribution in [0.15, 0.2) is 29.2 Å². The number of carbonyl (C=O) groups is 1. The highest BCUT2D eigenvalue weighted by Crippen LogP contribution is 2.32. The number of sulfonamides is 1. The van der Waals surface area contributed by atoms with E-state index in [0.717, 1.165) is 38.1 Å². The first-order valence-corrected chi connectivity index (χ1v) is 10.1. The first-order valence-electron chi connectivity index (χ1n) is 8.66. The fourth-order valence-electron chi connectivity index (χ4n) is 3.52. The Kier molecular flexibility index (Phi) is 5.30. The van der Waals surface area contributed by atoms with Crippen LogP contribution in [0.2, 0.25) is 0 Å². The smallest absolute Gasteiger partial charge is 0.342 e. The lowest BCUT2D eigenvalue weighted by Crippen LogP contribution is -2.43. The van der Waals surface area contributed by atoms with Crippen molar-refractivity contribution >= 4 is 15.9 Å². The Labute approximate surface area is 150 Å². The molecule has 1 aromatic carbocycles. The zero-order valence-corrected chi connectivity index (χ0v) is 15.0. The van der Waals surface area contributed by atoms with Crippen molar-refractivity contribution in [2.45, 2.75) is 36.8 Å². The van der Waals surface area contributed by atoms with E-state index < -0.39 is 21.8 Å². The maximum Gasteiger partial charge on any atom is 0.416 e. The lowest BCUT2D eigenvalue weighted by atomic mass is 9.97. The molecule has 3 rings (SSSR count). The van der Waals surface area contributed by atoms with E-state index in [-0.39, 0.29) is 29.8 Å². The molecule has 2 heterocycles. The van der Waals surface area contributed by atoms with E-state index in [9.17, 15) is 26.4 Å². The molecule has 0 spiro atoms. The van der Waals surface area contributed by atoms with Gasteiger partial charge in [-0.15, -0.1) is 0 Å². The molecule has 0 aromatic heterocycles. The monoisotopic (exact) mass is 390 g/mol. The first kappa shape index (κ1) is 19.2. The van der Waals surface area contributed by atoms with E-state index >= 15 is 0 Å². The number of halogens is 3. The number of alkyl halides is 3. The van der Waals surface area contributed by atoms with Crippen LogP contribution >= 0.6 is 0 Å². The van der Waals surface area contributed by atoms with E-state index in [2.05, 4.69) is 0 Å². The SMILES string of the molecule is O=C(C1CCN(S(=O)(=O)c2cccc(C(F)(F)F)c2)CC1)N1CCCC1. The van der Waals surface area contributed by atoms with Gasteiger partial charge in [0, 0.05) is 32.1 Å². The summed E-state index contributed by atoms with van der Waals surface area (Å²) in [6, 6.07) is 3.78. The van der Waals surface area contributed by atoms with Crippen LogP contribution in [-0.4, -0.2) is 49.7 Å². The van der Waals surface area contributed by atoms with Gasteiger partial charge in [-0.05, 0) is 43.9 Å². The molecule has 2 fully saturated rings. The number of benzene rings is 1. The van der Waals surface area contributed by atoms with E-state index in [1.54, 1.807) is 0 Å². The van der Waals surface area contributed by atoms with Crippen molar-refractivity contribution in [2.75, 3.05) is 26.2 Å². The van der Waals surface area contributed by atoms with Crippen molar-refractivity contribution in [3.05, 3.63) is 29.8 Å². The standard InChI is InChI=1S/C17H21F3N2O3S/c18-17(19,20)14-4-3-5-15(12-14)26(24,25)22-10-6-13(7-11-22)16(23)21-8-1-2-9-21/h3-5,12-13H,1-2,6-11H2. The van der Waals surface area contributed by atoms with Gasteiger partial charge in [0.1, 0.15) is 0 Å². The lowest BCUT2D eigenvalue weighted by molar-refractivity contribution is -0.138. The Balaban J connectivity index is 1.69. The van der Waals surface area contributed by atoms with Gasteiger partial charge in [-0.25, -0.2) is 8.42 Å². The van der Waals surface area contributed by atoms with Gasteiger partial charge in [-0.3, -0.25) is 4.79 Å². The van der Waals surface area contributed by atoms with Crippen molar-refractivity contribution in [3.63, 3.8) is 0 Å². The molecule has 2 aliphatic heterocycles. The predicted molar refractivity (Wildman–Crippen MR) is 88.7 cm³/mol. The lowest BCUT2D eigenvalue weighted by Gasteiger charge is -2.32. The molecule has 5 nitrogen and oxygen atoms in total. The number of nitrogens with zero attached hydrogens (tertiary/aromatic N) is 2. The van der Waals surface area contributed by atoms with E-state index in [1.165, 1.54) is 10.4 Å². The van der Waals surface area contributed by atoms with Crippen LogP contribution in [0, 0.1) is 5.92 Å². The van der Waals surface area contributed by atoms with Crippen molar-refractivity contribution in [2.24, 2.45) is 5.92 Å². The summed E-state index contributed by atoms with van der Waals surface area (Å²) in [5, 5.41) is 0. The number of likely N-dealkylation sites (tertiary alicyclic amines) is 1. The zero-order chi connectivity index (χ0) is 18.9. The molecule has 1 amide bonds. The molecular weight excluding hydrogens is 369 g/mol. The average molecular weight is 390 g/mol. The van der Waals surface area contributed by atoms with Crippen LogP contribution in [0.1, 0.15) is 31.2 Å². The maximum absolute atomic E-state index is 12.8. The van der Waals surface area contributed by atoms with Crippen molar-refractivity contribution < 1.29 is 26.4 Å². The maximum atomic E-state index is 12.8. The highest BCUT2D eigenvalue weighted by molar-refractivity contribution is 7.89. The minimum Gasteiger partial charge on any atom is -0.342 e. The second kappa shape index (κ2) is 7.19. The second-order valence-corrected chi connectivity index (χ2v) is 8.67. The van der Waals surface area contributed by atoms with Crippen LogP contribution < -0.4 is 0 Å². The quantitative estimate of drug-likeness (QED) is 0.798. The van der Waals surface area contributed by atoms with Crippen LogP contribution in [0.3, 0.4) is 0 Å². The Morgan fingerprint density at radius 2 is 1.65 bits per heavy atom. The van der Waals surface area contributed by atoms with Gasteiger partial charge in [0.2, 0.25) is 15.9 Å². The fourth-order valence-corrected chi connectivity index (χ4v) is 5.04. The number of carbonyl (C=O) groups excluding carboxylic acids is 1. The molecule has 0 radical (unpaired) electrons. The molecule has 0 N–H and O–H groups in total. The highest BCUT2D eigenvalue weighted by atomic mass is 32.2. The van der Waals surface area contributed by atoms with Crippen LogP contribution in [0.4, 0.5) is 13.2 Å². The Morgan fingerprint density at radius 1 is 1.04 bits per heavy atom. The fraction of sp³-hybridized carbons (Fsp3) is 0.588. The zero-order valence-electron chi connectivity index (χ0n) is 14.2. The number of piperidine rings is 1. The van der Waals surface area contributed by atoms with E-state index in [1.807, 2.05) is 4.90 Å². The van der Waals surface area contributed by atoms with Gasteiger partial charge in [0.25, 0.3) is 0 Å².